The van der Waals surface area contributed by atoms with Crippen molar-refractivity contribution >= 4 is 27.3 Å². The van der Waals surface area contributed by atoms with Crippen LogP contribution < -0.4 is 5.32 Å². The zero-order valence-corrected chi connectivity index (χ0v) is 13.8. The van der Waals surface area contributed by atoms with Crippen LogP contribution in [-0.2, 0) is 0 Å². The maximum atomic E-state index is 4.33. The van der Waals surface area contributed by atoms with E-state index in [0.717, 1.165) is 33.0 Å². The largest absolute Gasteiger partial charge is 0.308 e. The van der Waals surface area contributed by atoms with Gasteiger partial charge in [0, 0.05) is 10.0 Å². The fraction of sp³-hybridized carbons (Fsp3) is 0.429. The van der Waals surface area contributed by atoms with E-state index in [1.165, 1.54) is 5.56 Å². The minimum Gasteiger partial charge on any atom is -0.308 e. The van der Waals surface area contributed by atoms with Crippen molar-refractivity contribution in [2.45, 2.75) is 33.2 Å². The molecule has 102 valence electrons. The highest BCUT2D eigenvalue weighted by Crippen LogP contribution is 2.30. The van der Waals surface area contributed by atoms with E-state index in [9.17, 15) is 0 Å². The van der Waals surface area contributed by atoms with Gasteiger partial charge in [-0.2, -0.15) is 0 Å². The molecule has 2 aromatic rings. The second-order valence-electron chi connectivity index (χ2n) is 4.58. The molecule has 1 aromatic heterocycles. The molecule has 19 heavy (non-hydrogen) atoms. The van der Waals surface area contributed by atoms with Gasteiger partial charge in [0.05, 0.1) is 6.04 Å². The predicted molar refractivity (Wildman–Crippen MR) is 84.5 cm³/mol. The molecular formula is C14H18BrN3S. The highest BCUT2D eigenvalue weighted by Gasteiger charge is 2.13. The van der Waals surface area contributed by atoms with Gasteiger partial charge in [0.15, 0.2) is 0 Å². The molecule has 0 amide bonds. The Morgan fingerprint density at radius 1 is 1.37 bits per heavy atom. The van der Waals surface area contributed by atoms with Gasteiger partial charge in [-0.15, -0.1) is 10.2 Å². The molecule has 1 atom stereocenters. The number of hydrogen-bond acceptors (Lipinski definition) is 4. The van der Waals surface area contributed by atoms with Gasteiger partial charge in [0.2, 0.25) is 0 Å². The predicted octanol–water partition coefficient (Wildman–Crippen LogP) is 4.34. The monoisotopic (exact) mass is 339 g/mol. The Morgan fingerprint density at radius 2 is 2.16 bits per heavy atom. The van der Waals surface area contributed by atoms with Crippen LogP contribution in [0.5, 0.6) is 0 Å². The second kappa shape index (κ2) is 6.59. The van der Waals surface area contributed by atoms with Crippen LogP contribution in [-0.4, -0.2) is 16.7 Å². The summed E-state index contributed by atoms with van der Waals surface area (Å²) >= 11 is 5.17. The molecule has 0 saturated carbocycles. The molecule has 0 bridgehead atoms. The second-order valence-corrected chi connectivity index (χ2v) is 6.51. The summed E-state index contributed by atoms with van der Waals surface area (Å²) in [5.41, 5.74) is 2.38. The molecule has 5 heteroatoms. The molecule has 0 saturated heterocycles. The first-order valence-electron chi connectivity index (χ1n) is 6.45. The van der Waals surface area contributed by atoms with Crippen molar-refractivity contribution in [1.82, 2.24) is 15.5 Å². The molecule has 0 aliphatic carbocycles. The number of aryl methyl sites for hydroxylation is 1. The summed E-state index contributed by atoms with van der Waals surface area (Å²) in [6.07, 6.45) is 1.13. The first-order chi connectivity index (χ1) is 9.11. The Kier molecular flexibility index (Phi) is 5.07. The van der Waals surface area contributed by atoms with Crippen molar-refractivity contribution in [1.29, 1.82) is 0 Å². The smallest absolute Gasteiger partial charge is 0.148 e. The molecule has 1 unspecified atom stereocenters. The third kappa shape index (κ3) is 3.61. The molecule has 0 spiro atoms. The van der Waals surface area contributed by atoms with Crippen LogP contribution in [0.4, 0.5) is 0 Å². The number of aromatic nitrogens is 2. The van der Waals surface area contributed by atoms with E-state index in [4.69, 9.17) is 0 Å². The average Bonchev–Trinajstić information content (AvgIpc) is 2.88. The lowest BCUT2D eigenvalue weighted by atomic mass is 10.1. The Morgan fingerprint density at radius 3 is 2.89 bits per heavy atom. The summed E-state index contributed by atoms with van der Waals surface area (Å²) in [4.78, 5) is 0. The summed E-state index contributed by atoms with van der Waals surface area (Å²) in [5, 5.41) is 14.1. The highest BCUT2D eigenvalue weighted by atomic mass is 79.9. The first-order valence-corrected chi connectivity index (χ1v) is 8.06. The van der Waals surface area contributed by atoms with Gasteiger partial charge in [-0.05, 0) is 44.5 Å². The Balaban J connectivity index is 2.23. The van der Waals surface area contributed by atoms with Crippen molar-refractivity contribution in [3.63, 3.8) is 0 Å². The van der Waals surface area contributed by atoms with Gasteiger partial charge in [-0.3, -0.25) is 0 Å². The molecule has 3 nitrogen and oxygen atoms in total. The van der Waals surface area contributed by atoms with Crippen molar-refractivity contribution in [3.8, 4) is 10.6 Å². The number of rotatable bonds is 5. The number of halogens is 1. The molecule has 2 rings (SSSR count). The maximum Gasteiger partial charge on any atom is 0.148 e. The number of nitrogens with one attached hydrogen (secondary N) is 1. The lowest BCUT2D eigenvalue weighted by Gasteiger charge is -2.08. The van der Waals surface area contributed by atoms with E-state index in [0.29, 0.717) is 0 Å². The standard InChI is InChI=1S/C14H18BrN3S/c1-4-7-16-10(3)13-17-18-14(19-13)12-8-11(15)6-5-9(12)2/h5-6,8,10,16H,4,7H2,1-3H3. The fourth-order valence-electron chi connectivity index (χ4n) is 1.79. The normalized spacial score (nSPS) is 12.6. The molecule has 0 radical (unpaired) electrons. The van der Waals surface area contributed by atoms with Gasteiger partial charge in [-0.25, -0.2) is 0 Å². The van der Waals surface area contributed by atoms with Gasteiger partial charge in [0.25, 0.3) is 0 Å². The van der Waals surface area contributed by atoms with E-state index >= 15 is 0 Å². The highest BCUT2D eigenvalue weighted by molar-refractivity contribution is 9.10. The third-order valence-corrected chi connectivity index (χ3v) is 4.57. The summed E-state index contributed by atoms with van der Waals surface area (Å²) in [6.45, 7) is 7.40. The average molecular weight is 340 g/mol. The number of benzene rings is 1. The van der Waals surface area contributed by atoms with Gasteiger partial charge in [-0.1, -0.05) is 40.3 Å². The van der Waals surface area contributed by atoms with Crippen LogP contribution in [0.25, 0.3) is 10.6 Å². The van der Waals surface area contributed by atoms with E-state index in [1.807, 2.05) is 6.07 Å². The molecule has 1 N–H and O–H groups in total. The van der Waals surface area contributed by atoms with Crippen LogP contribution in [0.3, 0.4) is 0 Å². The fourth-order valence-corrected chi connectivity index (χ4v) is 3.10. The van der Waals surface area contributed by atoms with Crippen molar-refractivity contribution in [3.05, 3.63) is 33.2 Å². The van der Waals surface area contributed by atoms with E-state index in [1.54, 1.807) is 11.3 Å². The zero-order chi connectivity index (χ0) is 13.8. The molecule has 0 aliphatic heterocycles. The minimum absolute atomic E-state index is 0.263. The van der Waals surface area contributed by atoms with Crippen LogP contribution in [0, 0.1) is 6.92 Å². The van der Waals surface area contributed by atoms with Crippen molar-refractivity contribution in [2.75, 3.05) is 6.54 Å². The Hall–Kier alpha value is -0.780. The van der Waals surface area contributed by atoms with E-state index in [-0.39, 0.29) is 6.04 Å². The number of nitrogens with zero attached hydrogens (tertiary/aromatic N) is 2. The SMILES string of the molecule is CCCNC(C)c1nnc(-c2cc(Br)ccc2C)s1. The summed E-state index contributed by atoms with van der Waals surface area (Å²) < 4.78 is 1.07. The minimum atomic E-state index is 0.263. The lowest BCUT2D eigenvalue weighted by Crippen LogP contribution is -2.18. The summed E-state index contributed by atoms with van der Waals surface area (Å²) in [6, 6.07) is 6.51. The van der Waals surface area contributed by atoms with E-state index < -0.39 is 0 Å². The first kappa shape index (κ1) is 14.6. The quantitative estimate of drug-likeness (QED) is 0.880. The van der Waals surface area contributed by atoms with Gasteiger partial charge in [0.1, 0.15) is 10.0 Å². The molecule has 1 heterocycles. The Bertz CT molecular complexity index is 553. The maximum absolute atomic E-state index is 4.33. The van der Waals surface area contributed by atoms with Crippen LogP contribution in [0.1, 0.15) is 36.9 Å². The summed E-state index contributed by atoms with van der Waals surface area (Å²) in [7, 11) is 0. The third-order valence-electron chi connectivity index (χ3n) is 2.94. The molecule has 0 aliphatic rings. The van der Waals surface area contributed by atoms with E-state index in [2.05, 4.69) is 64.3 Å². The number of hydrogen-bond donors (Lipinski definition) is 1. The van der Waals surface area contributed by atoms with Crippen molar-refractivity contribution in [2.24, 2.45) is 0 Å². The van der Waals surface area contributed by atoms with Gasteiger partial charge >= 0.3 is 0 Å². The lowest BCUT2D eigenvalue weighted by molar-refractivity contribution is 0.564. The van der Waals surface area contributed by atoms with Crippen molar-refractivity contribution < 1.29 is 0 Å². The van der Waals surface area contributed by atoms with Gasteiger partial charge < -0.3 is 5.32 Å². The zero-order valence-electron chi connectivity index (χ0n) is 11.4. The van der Waals surface area contributed by atoms with Crippen LogP contribution >= 0.6 is 27.3 Å². The topological polar surface area (TPSA) is 37.8 Å². The van der Waals surface area contributed by atoms with Crippen LogP contribution in [0.2, 0.25) is 0 Å². The molecule has 0 fully saturated rings. The summed E-state index contributed by atoms with van der Waals surface area (Å²) in [5.74, 6) is 0. The molecule has 1 aromatic carbocycles. The van der Waals surface area contributed by atoms with Crippen LogP contribution in [0.15, 0.2) is 22.7 Å². The Labute approximate surface area is 126 Å². The molecular weight excluding hydrogens is 322 g/mol.